The van der Waals surface area contributed by atoms with E-state index in [0.717, 1.165) is 25.0 Å². The molecule has 1 atom stereocenters. The average Bonchev–Trinajstić information content (AvgIpc) is 2.82. The monoisotopic (exact) mass is 236 g/mol. The quantitative estimate of drug-likeness (QED) is 0.836. The standard InChI is InChI=1S/C13H20N2O2/c1-2-10-3-4-12(15-9-10)7-11(14)8-13-16-5-6-17-13/h3-4,9,11,13H,2,5-8,14H2,1H3. The molecule has 0 amide bonds. The Hall–Kier alpha value is -0.970. The molecule has 2 rings (SSSR count). The van der Waals surface area contributed by atoms with Crippen LogP contribution in [0, 0.1) is 0 Å². The van der Waals surface area contributed by atoms with Crippen molar-refractivity contribution in [1.29, 1.82) is 0 Å². The van der Waals surface area contributed by atoms with Crippen LogP contribution in [0.2, 0.25) is 0 Å². The summed E-state index contributed by atoms with van der Waals surface area (Å²) in [5, 5.41) is 0. The first-order valence-corrected chi connectivity index (χ1v) is 6.20. The zero-order chi connectivity index (χ0) is 12.1. The van der Waals surface area contributed by atoms with Gasteiger partial charge in [0.2, 0.25) is 0 Å². The van der Waals surface area contributed by atoms with E-state index in [4.69, 9.17) is 15.2 Å². The molecule has 0 aliphatic carbocycles. The van der Waals surface area contributed by atoms with Crippen molar-refractivity contribution in [3.05, 3.63) is 29.6 Å². The summed E-state index contributed by atoms with van der Waals surface area (Å²) in [4.78, 5) is 4.40. The Labute approximate surface area is 102 Å². The van der Waals surface area contributed by atoms with Crippen molar-refractivity contribution >= 4 is 0 Å². The van der Waals surface area contributed by atoms with Gasteiger partial charge in [-0.25, -0.2) is 0 Å². The topological polar surface area (TPSA) is 57.4 Å². The lowest BCUT2D eigenvalue weighted by Crippen LogP contribution is -2.29. The molecule has 2 N–H and O–H groups in total. The summed E-state index contributed by atoms with van der Waals surface area (Å²) < 4.78 is 10.8. The molecule has 4 heteroatoms. The minimum absolute atomic E-state index is 0.0399. The molecule has 1 saturated heterocycles. The largest absolute Gasteiger partial charge is 0.350 e. The fourth-order valence-electron chi connectivity index (χ4n) is 1.93. The van der Waals surface area contributed by atoms with Gasteiger partial charge in [0.25, 0.3) is 0 Å². The van der Waals surface area contributed by atoms with Gasteiger partial charge in [-0.05, 0) is 18.1 Å². The van der Waals surface area contributed by atoms with Gasteiger partial charge in [-0.1, -0.05) is 13.0 Å². The molecule has 1 aliphatic heterocycles. The molecular formula is C13H20N2O2. The number of ether oxygens (including phenoxy) is 2. The first-order valence-electron chi connectivity index (χ1n) is 6.20. The predicted molar refractivity (Wildman–Crippen MR) is 65.6 cm³/mol. The van der Waals surface area contributed by atoms with Gasteiger partial charge in [0.15, 0.2) is 6.29 Å². The summed E-state index contributed by atoms with van der Waals surface area (Å²) >= 11 is 0. The highest BCUT2D eigenvalue weighted by Crippen LogP contribution is 2.12. The van der Waals surface area contributed by atoms with E-state index >= 15 is 0 Å². The number of aromatic nitrogens is 1. The third kappa shape index (κ3) is 3.77. The summed E-state index contributed by atoms with van der Waals surface area (Å²) in [7, 11) is 0. The second kappa shape index (κ2) is 6.10. The minimum atomic E-state index is -0.125. The van der Waals surface area contributed by atoms with Gasteiger partial charge in [-0.3, -0.25) is 4.98 Å². The lowest BCUT2D eigenvalue weighted by Gasteiger charge is -2.15. The normalized spacial score (nSPS) is 18.5. The second-order valence-corrected chi connectivity index (χ2v) is 4.38. The van der Waals surface area contributed by atoms with Crippen molar-refractivity contribution in [2.24, 2.45) is 5.73 Å². The third-order valence-corrected chi connectivity index (χ3v) is 2.95. The molecule has 0 radical (unpaired) electrons. The third-order valence-electron chi connectivity index (χ3n) is 2.95. The maximum atomic E-state index is 6.06. The van der Waals surface area contributed by atoms with E-state index in [-0.39, 0.29) is 12.3 Å². The molecule has 0 spiro atoms. The van der Waals surface area contributed by atoms with E-state index in [0.29, 0.717) is 13.2 Å². The number of pyridine rings is 1. The van der Waals surface area contributed by atoms with Crippen LogP contribution in [0.1, 0.15) is 24.6 Å². The maximum absolute atomic E-state index is 6.06. The van der Waals surface area contributed by atoms with Crippen molar-refractivity contribution in [2.75, 3.05) is 13.2 Å². The van der Waals surface area contributed by atoms with Crippen molar-refractivity contribution in [3.63, 3.8) is 0 Å². The maximum Gasteiger partial charge on any atom is 0.159 e. The molecule has 1 fully saturated rings. The number of nitrogens with zero attached hydrogens (tertiary/aromatic N) is 1. The Balaban J connectivity index is 1.81. The van der Waals surface area contributed by atoms with E-state index in [1.54, 1.807) is 0 Å². The summed E-state index contributed by atoms with van der Waals surface area (Å²) in [5.41, 5.74) is 8.35. The van der Waals surface area contributed by atoms with Gasteiger partial charge in [-0.15, -0.1) is 0 Å². The Morgan fingerprint density at radius 3 is 2.76 bits per heavy atom. The molecule has 1 unspecified atom stereocenters. The molecule has 17 heavy (non-hydrogen) atoms. The van der Waals surface area contributed by atoms with Crippen LogP contribution >= 0.6 is 0 Å². The Morgan fingerprint density at radius 2 is 2.18 bits per heavy atom. The molecule has 1 aliphatic rings. The van der Waals surface area contributed by atoms with Gasteiger partial charge in [0, 0.05) is 30.8 Å². The number of rotatable bonds is 5. The molecular weight excluding hydrogens is 216 g/mol. The summed E-state index contributed by atoms with van der Waals surface area (Å²) in [6.45, 7) is 3.48. The van der Waals surface area contributed by atoms with Crippen LogP contribution in [0.15, 0.2) is 18.3 Å². The fraction of sp³-hybridized carbons (Fsp3) is 0.615. The highest BCUT2D eigenvalue weighted by atomic mass is 16.7. The predicted octanol–water partition coefficient (Wildman–Crippen LogP) is 1.28. The van der Waals surface area contributed by atoms with Crippen LogP contribution in [0.3, 0.4) is 0 Å². The van der Waals surface area contributed by atoms with Gasteiger partial charge in [0.1, 0.15) is 0 Å². The highest BCUT2D eigenvalue weighted by Gasteiger charge is 2.19. The smallest absolute Gasteiger partial charge is 0.159 e. The number of hydrogen-bond donors (Lipinski definition) is 1. The summed E-state index contributed by atoms with van der Waals surface area (Å²) in [6, 6.07) is 4.20. The van der Waals surface area contributed by atoms with Crippen molar-refractivity contribution in [2.45, 2.75) is 38.5 Å². The van der Waals surface area contributed by atoms with E-state index in [9.17, 15) is 0 Å². The SMILES string of the molecule is CCc1ccc(CC(N)CC2OCCO2)nc1. The average molecular weight is 236 g/mol. The fourth-order valence-corrected chi connectivity index (χ4v) is 1.93. The van der Waals surface area contributed by atoms with Crippen LogP contribution in [-0.4, -0.2) is 30.5 Å². The van der Waals surface area contributed by atoms with E-state index in [1.165, 1.54) is 5.56 Å². The van der Waals surface area contributed by atoms with Gasteiger partial charge >= 0.3 is 0 Å². The zero-order valence-corrected chi connectivity index (χ0v) is 10.3. The Morgan fingerprint density at radius 1 is 1.41 bits per heavy atom. The van der Waals surface area contributed by atoms with Crippen molar-refractivity contribution in [1.82, 2.24) is 4.98 Å². The van der Waals surface area contributed by atoms with E-state index in [1.807, 2.05) is 6.20 Å². The minimum Gasteiger partial charge on any atom is -0.350 e. The van der Waals surface area contributed by atoms with Crippen LogP contribution in [0.25, 0.3) is 0 Å². The molecule has 0 aromatic carbocycles. The molecule has 0 saturated carbocycles. The van der Waals surface area contributed by atoms with Crippen LogP contribution in [-0.2, 0) is 22.3 Å². The number of nitrogens with two attached hydrogens (primary N) is 1. The number of aryl methyl sites for hydroxylation is 1. The first kappa shape index (κ1) is 12.5. The molecule has 4 nitrogen and oxygen atoms in total. The van der Waals surface area contributed by atoms with Gasteiger partial charge in [0.05, 0.1) is 13.2 Å². The Kier molecular flexibility index (Phi) is 4.48. The molecule has 0 bridgehead atoms. The highest BCUT2D eigenvalue weighted by molar-refractivity contribution is 5.14. The van der Waals surface area contributed by atoms with E-state index < -0.39 is 0 Å². The van der Waals surface area contributed by atoms with E-state index in [2.05, 4.69) is 24.0 Å². The Bertz CT molecular complexity index is 334. The summed E-state index contributed by atoms with van der Waals surface area (Å²) in [5.74, 6) is 0. The lowest BCUT2D eigenvalue weighted by molar-refractivity contribution is -0.0505. The molecule has 1 aromatic heterocycles. The van der Waals surface area contributed by atoms with Crippen LogP contribution in [0.4, 0.5) is 0 Å². The van der Waals surface area contributed by atoms with Crippen molar-refractivity contribution in [3.8, 4) is 0 Å². The van der Waals surface area contributed by atoms with Gasteiger partial charge < -0.3 is 15.2 Å². The summed E-state index contributed by atoms with van der Waals surface area (Å²) in [6.07, 6.45) is 4.32. The van der Waals surface area contributed by atoms with Gasteiger partial charge in [-0.2, -0.15) is 0 Å². The first-order chi connectivity index (χ1) is 8.28. The van der Waals surface area contributed by atoms with Crippen LogP contribution in [0.5, 0.6) is 0 Å². The molecule has 1 aromatic rings. The zero-order valence-electron chi connectivity index (χ0n) is 10.3. The molecule has 2 heterocycles. The number of hydrogen-bond acceptors (Lipinski definition) is 4. The second-order valence-electron chi connectivity index (χ2n) is 4.38. The lowest BCUT2D eigenvalue weighted by atomic mass is 10.1. The molecule has 94 valence electrons. The van der Waals surface area contributed by atoms with Crippen molar-refractivity contribution < 1.29 is 9.47 Å². The van der Waals surface area contributed by atoms with Crippen LogP contribution < -0.4 is 5.73 Å².